The van der Waals surface area contributed by atoms with Crippen molar-refractivity contribution in [1.29, 1.82) is 0 Å². The molecule has 1 aromatic carbocycles. The van der Waals surface area contributed by atoms with Crippen LogP contribution in [0.1, 0.15) is 51.5 Å². The highest BCUT2D eigenvalue weighted by molar-refractivity contribution is 5.76. The van der Waals surface area contributed by atoms with Crippen molar-refractivity contribution in [2.75, 3.05) is 6.54 Å². The molecule has 0 bridgehead atoms. The Morgan fingerprint density at radius 1 is 1.15 bits per heavy atom. The molecule has 2 N–H and O–H groups in total. The van der Waals surface area contributed by atoms with Gasteiger partial charge in [0.2, 0.25) is 0 Å². The summed E-state index contributed by atoms with van der Waals surface area (Å²) in [6, 6.07) is 9.80. The molecule has 1 rings (SSSR count). The number of nitrogens with one attached hydrogen (secondary N) is 1. The van der Waals surface area contributed by atoms with E-state index in [1.807, 2.05) is 30.3 Å². The Labute approximate surface area is 122 Å². The van der Waals surface area contributed by atoms with Gasteiger partial charge in [0.25, 0.3) is 0 Å². The first kappa shape index (κ1) is 16.7. The third-order valence-corrected chi connectivity index (χ3v) is 3.59. The molecule has 3 nitrogen and oxygen atoms in total. The van der Waals surface area contributed by atoms with Crippen molar-refractivity contribution in [3.8, 4) is 0 Å². The molecule has 0 aliphatic carbocycles. The fourth-order valence-corrected chi connectivity index (χ4v) is 2.29. The Hall–Kier alpha value is -1.35. The summed E-state index contributed by atoms with van der Waals surface area (Å²) in [6.45, 7) is 7.08. The van der Waals surface area contributed by atoms with Crippen LogP contribution < -0.4 is 5.32 Å². The molecule has 0 saturated carbocycles. The van der Waals surface area contributed by atoms with E-state index in [0.29, 0.717) is 12.6 Å². The number of rotatable bonds is 9. The summed E-state index contributed by atoms with van der Waals surface area (Å²) in [4.78, 5) is 11.4. The van der Waals surface area contributed by atoms with Crippen LogP contribution in [-0.4, -0.2) is 23.7 Å². The normalized spacial score (nSPS) is 14.2. The number of aliphatic carboxylic acids is 1. The Bertz CT molecular complexity index is 389. The highest BCUT2D eigenvalue weighted by atomic mass is 16.4. The number of benzene rings is 1. The summed E-state index contributed by atoms with van der Waals surface area (Å²) in [5, 5.41) is 12.7. The topological polar surface area (TPSA) is 49.3 Å². The average Bonchev–Trinajstić information content (AvgIpc) is 2.39. The van der Waals surface area contributed by atoms with E-state index in [2.05, 4.69) is 26.1 Å². The minimum atomic E-state index is -0.766. The SMILES string of the molecule is CC(C)CCCC(C)NCC(C(=O)O)c1ccccc1. The van der Waals surface area contributed by atoms with Gasteiger partial charge in [-0.2, -0.15) is 0 Å². The average molecular weight is 277 g/mol. The van der Waals surface area contributed by atoms with E-state index >= 15 is 0 Å². The molecule has 20 heavy (non-hydrogen) atoms. The minimum Gasteiger partial charge on any atom is -0.481 e. The maximum Gasteiger partial charge on any atom is 0.312 e. The maximum atomic E-state index is 11.4. The molecule has 0 aromatic heterocycles. The van der Waals surface area contributed by atoms with E-state index in [0.717, 1.165) is 17.9 Å². The van der Waals surface area contributed by atoms with E-state index in [4.69, 9.17) is 0 Å². The van der Waals surface area contributed by atoms with Crippen LogP contribution in [0.2, 0.25) is 0 Å². The first-order chi connectivity index (χ1) is 9.50. The summed E-state index contributed by atoms with van der Waals surface area (Å²) in [5.41, 5.74) is 0.863. The molecular formula is C17H27NO2. The first-order valence-electron chi connectivity index (χ1n) is 7.51. The fourth-order valence-electron chi connectivity index (χ4n) is 2.29. The predicted octanol–water partition coefficient (Wildman–Crippen LogP) is 3.66. The Kier molecular flexibility index (Phi) is 7.31. The fraction of sp³-hybridized carbons (Fsp3) is 0.588. The van der Waals surface area contributed by atoms with Crippen molar-refractivity contribution in [3.63, 3.8) is 0 Å². The van der Waals surface area contributed by atoms with Gasteiger partial charge in [-0.25, -0.2) is 0 Å². The van der Waals surface area contributed by atoms with Gasteiger partial charge in [0.05, 0.1) is 5.92 Å². The van der Waals surface area contributed by atoms with Crippen molar-refractivity contribution in [1.82, 2.24) is 5.32 Å². The maximum absolute atomic E-state index is 11.4. The van der Waals surface area contributed by atoms with Crippen LogP contribution in [0.25, 0.3) is 0 Å². The molecule has 2 atom stereocenters. The lowest BCUT2D eigenvalue weighted by atomic mass is 9.98. The molecule has 3 heteroatoms. The summed E-state index contributed by atoms with van der Waals surface area (Å²) in [6.07, 6.45) is 3.52. The molecule has 1 aromatic rings. The van der Waals surface area contributed by atoms with Crippen LogP contribution in [0.5, 0.6) is 0 Å². The van der Waals surface area contributed by atoms with Gasteiger partial charge in [0, 0.05) is 12.6 Å². The molecule has 0 spiro atoms. The predicted molar refractivity (Wildman–Crippen MR) is 83.0 cm³/mol. The second kappa shape index (κ2) is 8.75. The van der Waals surface area contributed by atoms with Gasteiger partial charge in [-0.15, -0.1) is 0 Å². The summed E-state index contributed by atoms with van der Waals surface area (Å²) in [7, 11) is 0. The molecule has 0 aliphatic rings. The summed E-state index contributed by atoms with van der Waals surface area (Å²) in [5.74, 6) is -0.500. The van der Waals surface area contributed by atoms with Crippen molar-refractivity contribution in [3.05, 3.63) is 35.9 Å². The zero-order valence-electron chi connectivity index (χ0n) is 12.8. The lowest BCUT2D eigenvalue weighted by Crippen LogP contribution is -2.33. The smallest absolute Gasteiger partial charge is 0.312 e. The van der Waals surface area contributed by atoms with Gasteiger partial charge < -0.3 is 10.4 Å². The van der Waals surface area contributed by atoms with E-state index in [-0.39, 0.29) is 0 Å². The third-order valence-electron chi connectivity index (χ3n) is 3.59. The Balaban J connectivity index is 2.42. The van der Waals surface area contributed by atoms with Crippen LogP contribution in [0, 0.1) is 5.92 Å². The molecule has 0 aliphatic heterocycles. The zero-order chi connectivity index (χ0) is 15.0. The van der Waals surface area contributed by atoms with Gasteiger partial charge in [-0.05, 0) is 24.8 Å². The van der Waals surface area contributed by atoms with Gasteiger partial charge in [0.15, 0.2) is 0 Å². The lowest BCUT2D eigenvalue weighted by Gasteiger charge is -2.18. The number of carboxylic acids is 1. The van der Waals surface area contributed by atoms with Crippen molar-refractivity contribution in [2.45, 2.75) is 52.0 Å². The third kappa shape index (κ3) is 6.20. The van der Waals surface area contributed by atoms with Gasteiger partial charge in [0.1, 0.15) is 0 Å². The van der Waals surface area contributed by atoms with Gasteiger partial charge in [-0.3, -0.25) is 4.79 Å². The highest BCUT2D eigenvalue weighted by Gasteiger charge is 2.19. The van der Waals surface area contributed by atoms with Crippen LogP contribution >= 0.6 is 0 Å². The molecule has 0 heterocycles. The second-order valence-corrected chi connectivity index (χ2v) is 5.94. The van der Waals surface area contributed by atoms with E-state index in [1.165, 1.54) is 12.8 Å². The zero-order valence-corrected chi connectivity index (χ0v) is 12.8. The molecule has 0 fully saturated rings. The standard InChI is InChI=1S/C17H27NO2/c1-13(2)8-7-9-14(3)18-12-16(17(19)20)15-10-5-4-6-11-15/h4-6,10-11,13-14,16,18H,7-9,12H2,1-3H3,(H,19,20). The molecule has 0 saturated heterocycles. The number of carbonyl (C=O) groups is 1. The van der Waals surface area contributed by atoms with Crippen LogP contribution in [0.4, 0.5) is 0 Å². The van der Waals surface area contributed by atoms with Crippen LogP contribution in [0.15, 0.2) is 30.3 Å². The van der Waals surface area contributed by atoms with Crippen LogP contribution in [0.3, 0.4) is 0 Å². The molecule has 2 unspecified atom stereocenters. The Morgan fingerprint density at radius 2 is 1.80 bits per heavy atom. The summed E-state index contributed by atoms with van der Waals surface area (Å²) >= 11 is 0. The number of carboxylic acid groups (broad SMARTS) is 1. The molecule has 112 valence electrons. The minimum absolute atomic E-state index is 0.360. The van der Waals surface area contributed by atoms with Crippen molar-refractivity contribution >= 4 is 5.97 Å². The molecular weight excluding hydrogens is 250 g/mol. The quantitative estimate of drug-likeness (QED) is 0.724. The van der Waals surface area contributed by atoms with Crippen molar-refractivity contribution in [2.24, 2.45) is 5.92 Å². The number of hydrogen-bond acceptors (Lipinski definition) is 2. The number of hydrogen-bond donors (Lipinski definition) is 2. The lowest BCUT2D eigenvalue weighted by molar-refractivity contribution is -0.138. The summed E-state index contributed by atoms with van der Waals surface area (Å²) < 4.78 is 0. The van der Waals surface area contributed by atoms with E-state index in [1.54, 1.807) is 0 Å². The van der Waals surface area contributed by atoms with E-state index in [9.17, 15) is 9.90 Å². The molecule has 0 amide bonds. The largest absolute Gasteiger partial charge is 0.481 e. The van der Waals surface area contributed by atoms with Crippen LogP contribution in [-0.2, 0) is 4.79 Å². The van der Waals surface area contributed by atoms with Gasteiger partial charge >= 0.3 is 5.97 Å². The Morgan fingerprint density at radius 3 is 2.35 bits per heavy atom. The first-order valence-corrected chi connectivity index (χ1v) is 7.51. The van der Waals surface area contributed by atoms with E-state index < -0.39 is 11.9 Å². The van der Waals surface area contributed by atoms with Crippen molar-refractivity contribution < 1.29 is 9.90 Å². The second-order valence-electron chi connectivity index (χ2n) is 5.94. The molecule has 0 radical (unpaired) electrons. The highest BCUT2D eigenvalue weighted by Crippen LogP contribution is 2.15. The monoisotopic (exact) mass is 277 g/mol. The van der Waals surface area contributed by atoms with Gasteiger partial charge in [-0.1, -0.05) is 57.0 Å².